The molecule has 0 fully saturated rings. The number of hydrogen-bond acceptors (Lipinski definition) is 3. The first-order valence-corrected chi connectivity index (χ1v) is 7.75. The predicted octanol–water partition coefficient (Wildman–Crippen LogP) is 2.49. The second-order valence-corrected chi connectivity index (χ2v) is 6.66. The molecule has 2 aromatic rings. The minimum atomic E-state index is -3.86. The summed E-state index contributed by atoms with van der Waals surface area (Å²) in [7, 11) is -2.39. The van der Waals surface area contributed by atoms with E-state index < -0.39 is 16.0 Å². The quantitative estimate of drug-likeness (QED) is 0.902. The Bertz CT molecular complexity index is 812. The van der Waals surface area contributed by atoms with Gasteiger partial charge in [-0.25, -0.2) is 13.2 Å². The van der Waals surface area contributed by atoms with Crippen LogP contribution in [-0.4, -0.2) is 24.1 Å². The number of anilines is 1. The molecule has 0 saturated carbocycles. The van der Waals surface area contributed by atoms with E-state index in [1.165, 1.54) is 17.8 Å². The molecule has 0 unspecified atom stereocenters. The van der Waals surface area contributed by atoms with Gasteiger partial charge in [-0.2, -0.15) is 0 Å². The molecule has 1 aromatic heterocycles. The lowest BCUT2D eigenvalue weighted by atomic mass is 10.2. The van der Waals surface area contributed by atoms with Gasteiger partial charge in [0.25, 0.3) is 10.0 Å². The molecule has 0 atom stereocenters. The Morgan fingerprint density at radius 2 is 2.00 bits per heavy atom. The Morgan fingerprint density at radius 3 is 2.52 bits per heavy atom. The number of aryl methyl sites for hydroxylation is 2. The van der Waals surface area contributed by atoms with E-state index in [0.717, 1.165) is 6.07 Å². The summed E-state index contributed by atoms with van der Waals surface area (Å²) < 4.78 is 28.2. The molecule has 0 bridgehead atoms. The SMILES string of the molecule is Cc1cc(Cl)ccc1NS(=O)(=O)c1cc(C(=O)O)n(C)c1. The van der Waals surface area contributed by atoms with Gasteiger partial charge in [0.15, 0.2) is 0 Å². The highest BCUT2D eigenvalue weighted by Crippen LogP contribution is 2.23. The maximum absolute atomic E-state index is 12.3. The summed E-state index contributed by atoms with van der Waals surface area (Å²) in [5.74, 6) is -1.19. The molecule has 2 N–H and O–H groups in total. The first-order chi connectivity index (χ1) is 9.70. The average molecular weight is 329 g/mol. The predicted molar refractivity (Wildman–Crippen MR) is 79.4 cm³/mol. The van der Waals surface area contributed by atoms with Crippen molar-refractivity contribution in [3.05, 3.63) is 46.7 Å². The van der Waals surface area contributed by atoms with Crippen molar-refractivity contribution in [2.24, 2.45) is 7.05 Å². The van der Waals surface area contributed by atoms with Gasteiger partial charge in [-0.3, -0.25) is 4.72 Å². The second kappa shape index (κ2) is 5.42. The Kier molecular flexibility index (Phi) is 3.97. The van der Waals surface area contributed by atoms with Gasteiger partial charge in [-0.05, 0) is 36.8 Å². The molecular weight excluding hydrogens is 316 g/mol. The number of aromatic carboxylic acids is 1. The summed E-state index contributed by atoms with van der Waals surface area (Å²) in [6.07, 6.45) is 1.25. The van der Waals surface area contributed by atoms with Crippen LogP contribution in [0.4, 0.5) is 5.69 Å². The molecule has 21 heavy (non-hydrogen) atoms. The normalized spacial score (nSPS) is 11.4. The fraction of sp³-hybridized carbons (Fsp3) is 0.154. The molecule has 1 heterocycles. The van der Waals surface area contributed by atoms with E-state index in [4.69, 9.17) is 16.7 Å². The van der Waals surface area contributed by atoms with Crippen LogP contribution < -0.4 is 4.72 Å². The van der Waals surface area contributed by atoms with Crippen LogP contribution in [0, 0.1) is 6.92 Å². The highest BCUT2D eigenvalue weighted by molar-refractivity contribution is 7.92. The first kappa shape index (κ1) is 15.4. The lowest BCUT2D eigenvalue weighted by molar-refractivity contribution is 0.0686. The lowest BCUT2D eigenvalue weighted by Crippen LogP contribution is -2.13. The van der Waals surface area contributed by atoms with Crippen molar-refractivity contribution in [3.8, 4) is 0 Å². The lowest BCUT2D eigenvalue weighted by Gasteiger charge is -2.09. The minimum absolute atomic E-state index is 0.108. The number of carboxylic acids is 1. The number of rotatable bonds is 4. The molecular formula is C13H13ClN2O4S. The molecule has 0 radical (unpaired) electrons. The number of halogens is 1. The van der Waals surface area contributed by atoms with Crippen molar-refractivity contribution in [2.45, 2.75) is 11.8 Å². The van der Waals surface area contributed by atoms with E-state index in [-0.39, 0.29) is 10.6 Å². The van der Waals surface area contributed by atoms with Crippen LogP contribution in [0.2, 0.25) is 5.02 Å². The molecule has 0 aliphatic rings. The highest BCUT2D eigenvalue weighted by Gasteiger charge is 2.20. The van der Waals surface area contributed by atoms with E-state index in [1.807, 2.05) is 0 Å². The fourth-order valence-electron chi connectivity index (χ4n) is 1.84. The molecule has 112 valence electrons. The maximum Gasteiger partial charge on any atom is 0.352 e. The molecule has 2 rings (SSSR count). The van der Waals surface area contributed by atoms with Crippen LogP contribution in [0.3, 0.4) is 0 Å². The van der Waals surface area contributed by atoms with Crippen LogP contribution in [0.1, 0.15) is 16.1 Å². The molecule has 6 nitrogen and oxygen atoms in total. The number of benzene rings is 1. The van der Waals surface area contributed by atoms with Gasteiger partial charge in [-0.1, -0.05) is 11.6 Å². The average Bonchev–Trinajstić information content (AvgIpc) is 2.76. The molecule has 0 spiro atoms. The van der Waals surface area contributed by atoms with Gasteiger partial charge in [0.05, 0.1) is 5.69 Å². The zero-order chi connectivity index (χ0) is 15.8. The second-order valence-electron chi connectivity index (χ2n) is 4.54. The van der Waals surface area contributed by atoms with E-state index >= 15 is 0 Å². The minimum Gasteiger partial charge on any atom is -0.477 e. The number of nitrogens with one attached hydrogen (secondary N) is 1. The maximum atomic E-state index is 12.3. The van der Waals surface area contributed by atoms with Crippen molar-refractivity contribution in [1.82, 2.24) is 4.57 Å². The Balaban J connectivity index is 2.38. The third-order valence-electron chi connectivity index (χ3n) is 2.94. The number of carbonyl (C=O) groups is 1. The van der Waals surface area contributed by atoms with E-state index in [1.54, 1.807) is 25.1 Å². The van der Waals surface area contributed by atoms with Gasteiger partial charge in [0.2, 0.25) is 0 Å². The molecule has 1 aromatic carbocycles. The van der Waals surface area contributed by atoms with Crippen molar-refractivity contribution >= 4 is 33.3 Å². The Hall–Kier alpha value is -1.99. The van der Waals surface area contributed by atoms with Gasteiger partial charge in [-0.15, -0.1) is 0 Å². The highest BCUT2D eigenvalue weighted by atomic mass is 35.5. The summed E-state index contributed by atoms with van der Waals surface area (Å²) in [5.41, 5.74) is 0.948. The van der Waals surface area contributed by atoms with Gasteiger partial charge in [0.1, 0.15) is 10.6 Å². The summed E-state index contributed by atoms with van der Waals surface area (Å²) in [5, 5.41) is 9.46. The molecule has 8 heteroatoms. The summed E-state index contributed by atoms with van der Waals surface area (Å²) >= 11 is 5.82. The third kappa shape index (κ3) is 3.20. The van der Waals surface area contributed by atoms with Crippen LogP contribution in [-0.2, 0) is 17.1 Å². The van der Waals surface area contributed by atoms with Crippen molar-refractivity contribution in [1.29, 1.82) is 0 Å². The van der Waals surface area contributed by atoms with Gasteiger partial charge >= 0.3 is 5.97 Å². The van der Waals surface area contributed by atoms with Crippen molar-refractivity contribution < 1.29 is 18.3 Å². The van der Waals surface area contributed by atoms with Crippen molar-refractivity contribution in [3.63, 3.8) is 0 Å². The third-order valence-corrected chi connectivity index (χ3v) is 4.51. The zero-order valence-electron chi connectivity index (χ0n) is 11.3. The van der Waals surface area contributed by atoms with Crippen LogP contribution in [0.5, 0.6) is 0 Å². The zero-order valence-corrected chi connectivity index (χ0v) is 12.9. The van der Waals surface area contributed by atoms with Gasteiger partial charge < -0.3 is 9.67 Å². The van der Waals surface area contributed by atoms with Crippen molar-refractivity contribution in [2.75, 3.05) is 4.72 Å². The summed E-state index contributed by atoms with van der Waals surface area (Å²) in [4.78, 5) is 10.8. The number of nitrogens with zero attached hydrogens (tertiary/aromatic N) is 1. The number of carboxylic acid groups (broad SMARTS) is 1. The van der Waals surface area contributed by atoms with Gasteiger partial charge in [0, 0.05) is 18.3 Å². The standard InChI is InChI=1S/C13H13ClN2O4S/c1-8-5-9(14)3-4-11(8)15-21(19,20)10-6-12(13(17)18)16(2)7-10/h3-7,15H,1-2H3,(H,17,18). The first-order valence-electron chi connectivity index (χ1n) is 5.89. The molecule has 0 aliphatic carbocycles. The summed E-state index contributed by atoms with van der Waals surface area (Å²) in [6, 6.07) is 5.86. The molecule has 0 saturated heterocycles. The number of sulfonamides is 1. The van der Waals surface area contributed by atoms with E-state index in [9.17, 15) is 13.2 Å². The monoisotopic (exact) mass is 328 g/mol. The molecule has 0 aliphatic heterocycles. The number of aromatic nitrogens is 1. The van der Waals surface area contributed by atoms with Crippen LogP contribution in [0.15, 0.2) is 35.4 Å². The van der Waals surface area contributed by atoms with Crippen LogP contribution in [0.25, 0.3) is 0 Å². The van der Waals surface area contributed by atoms with E-state index in [2.05, 4.69) is 4.72 Å². The molecule has 0 amide bonds. The fourth-order valence-corrected chi connectivity index (χ4v) is 3.27. The largest absolute Gasteiger partial charge is 0.477 e. The Labute approximate surface area is 127 Å². The topological polar surface area (TPSA) is 88.4 Å². The number of hydrogen-bond donors (Lipinski definition) is 2. The smallest absolute Gasteiger partial charge is 0.352 e. The van der Waals surface area contributed by atoms with Crippen LogP contribution >= 0.6 is 11.6 Å². The Morgan fingerprint density at radius 1 is 1.33 bits per heavy atom. The summed E-state index contributed by atoms with van der Waals surface area (Å²) in [6.45, 7) is 1.72. The van der Waals surface area contributed by atoms with E-state index in [0.29, 0.717) is 16.3 Å².